The molecular weight excluding hydrogens is 372 g/mol. The van der Waals surface area contributed by atoms with E-state index >= 15 is 0 Å². The van der Waals surface area contributed by atoms with Crippen molar-refractivity contribution in [2.24, 2.45) is 0 Å². The van der Waals surface area contributed by atoms with Gasteiger partial charge < -0.3 is 5.32 Å². The summed E-state index contributed by atoms with van der Waals surface area (Å²) >= 11 is 0. The van der Waals surface area contributed by atoms with E-state index in [1.165, 1.54) is 28.8 Å². The number of anilines is 1. The number of benzene rings is 3. The van der Waals surface area contributed by atoms with Gasteiger partial charge in [-0.3, -0.25) is 24.3 Å². The second-order valence-corrected chi connectivity index (χ2v) is 6.19. The van der Waals surface area contributed by atoms with E-state index in [1.807, 2.05) is 6.07 Å². The van der Waals surface area contributed by atoms with Crippen LogP contribution in [0.15, 0.2) is 78.9 Å². The van der Waals surface area contributed by atoms with Crippen molar-refractivity contribution in [2.45, 2.75) is 0 Å². The Kier molecular flexibility index (Phi) is 4.58. The SMILES string of the molecule is O=C(Nc1ccccc1)c1nc2ccccc2n1C(=O)c1ccc([N+](=O)[O-])cc1. The number of rotatable bonds is 4. The van der Waals surface area contributed by atoms with Gasteiger partial charge in [0.15, 0.2) is 0 Å². The number of carbonyl (C=O) groups excluding carboxylic acids is 2. The molecule has 29 heavy (non-hydrogen) atoms. The summed E-state index contributed by atoms with van der Waals surface area (Å²) in [5.41, 5.74) is 1.60. The number of amides is 1. The molecule has 0 bridgehead atoms. The number of nitrogens with one attached hydrogen (secondary N) is 1. The fraction of sp³-hybridized carbons (Fsp3) is 0. The molecule has 0 aliphatic rings. The molecule has 1 aromatic heterocycles. The van der Waals surface area contributed by atoms with Crippen molar-refractivity contribution in [3.63, 3.8) is 0 Å². The zero-order chi connectivity index (χ0) is 20.4. The standard InChI is InChI=1S/C21H14N4O4/c26-20(22-15-6-2-1-3-7-15)19-23-17-8-4-5-9-18(17)24(19)21(27)14-10-12-16(13-11-14)25(28)29/h1-13H,(H,22,26). The molecule has 4 aromatic rings. The van der Waals surface area contributed by atoms with Crippen LogP contribution < -0.4 is 5.32 Å². The topological polar surface area (TPSA) is 107 Å². The fourth-order valence-electron chi connectivity index (χ4n) is 2.95. The third-order valence-corrected chi connectivity index (χ3v) is 4.32. The maximum Gasteiger partial charge on any atom is 0.292 e. The zero-order valence-electron chi connectivity index (χ0n) is 15.0. The number of imidazole rings is 1. The first-order valence-electron chi connectivity index (χ1n) is 8.67. The van der Waals surface area contributed by atoms with Crippen LogP contribution in [0.3, 0.4) is 0 Å². The van der Waals surface area contributed by atoms with E-state index in [0.29, 0.717) is 16.7 Å². The van der Waals surface area contributed by atoms with Crippen LogP contribution in [0.4, 0.5) is 11.4 Å². The van der Waals surface area contributed by atoms with Crippen LogP contribution >= 0.6 is 0 Å². The number of hydrogen-bond donors (Lipinski definition) is 1. The van der Waals surface area contributed by atoms with Crippen molar-refractivity contribution in [1.82, 2.24) is 9.55 Å². The quantitative estimate of drug-likeness (QED) is 0.423. The lowest BCUT2D eigenvalue weighted by atomic mass is 10.2. The predicted octanol–water partition coefficient (Wildman–Crippen LogP) is 3.89. The number of nitro benzene ring substituents is 1. The number of non-ortho nitro benzene ring substituents is 1. The Balaban J connectivity index is 1.78. The molecule has 0 unspecified atom stereocenters. The van der Waals surface area contributed by atoms with Crippen LogP contribution in [0.2, 0.25) is 0 Å². The molecule has 0 saturated heterocycles. The van der Waals surface area contributed by atoms with Gasteiger partial charge in [-0.1, -0.05) is 30.3 Å². The summed E-state index contributed by atoms with van der Waals surface area (Å²) in [6, 6.07) is 20.9. The number of hydrogen-bond acceptors (Lipinski definition) is 5. The molecule has 0 aliphatic heterocycles. The summed E-state index contributed by atoms with van der Waals surface area (Å²) in [7, 11) is 0. The first kappa shape index (κ1) is 18.1. The number of aromatic nitrogens is 2. The highest BCUT2D eigenvalue weighted by molar-refractivity contribution is 6.10. The van der Waals surface area contributed by atoms with Crippen LogP contribution in [0.25, 0.3) is 11.0 Å². The maximum atomic E-state index is 13.2. The van der Waals surface area contributed by atoms with Crippen molar-refractivity contribution in [3.8, 4) is 0 Å². The van der Waals surface area contributed by atoms with Crippen LogP contribution in [0, 0.1) is 10.1 Å². The summed E-state index contributed by atoms with van der Waals surface area (Å²) in [4.78, 5) is 40.6. The van der Waals surface area contributed by atoms with Crippen molar-refractivity contribution in [1.29, 1.82) is 0 Å². The first-order valence-corrected chi connectivity index (χ1v) is 8.67. The van der Waals surface area contributed by atoms with Gasteiger partial charge in [0.1, 0.15) is 0 Å². The normalized spacial score (nSPS) is 10.6. The lowest BCUT2D eigenvalue weighted by Gasteiger charge is -2.09. The van der Waals surface area contributed by atoms with Crippen LogP contribution in [0.1, 0.15) is 21.0 Å². The molecule has 1 amide bonds. The van der Waals surface area contributed by atoms with E-state index in [9.17, 15) is 19.7 Å². The molecular formula is C21H14N4O4. The van der Waals surface area contributed by atoms with Crippen molar-refractivity contribution in [3.05, 3.63) is 100 Å². The molecule has 142 valence electrons. The predicted molar refractivity (Wildman–Crippen MR) is 107 cm³/mol. The molecule has 3 aromatic carbocycles. The fourth-order valence-corrected chi connectivity index (χ4v) is 2.95. The minimum absolute atomic E-state index is 0.0709. The lowest BCUT2D eigenvalue weighted by Crippen LogP contribution is -2.23. The number of para-hydroxylation sites is 3. The molecule has 0 spiro atoms. The minimum Gasteiger partial charge on any atom is -0.319 e. The lowest BCUT2D eigenvalue weighted by molar-refractivity contribution is -0.384. The van der Waals surface area contributed by atoms with Gasteiger partial charge in [-0.2, -0.15) is 0 Å². The van der Waals surface area contributed by atoms with Gasteiger partial charge in [-0.15, -0.1) is 0 Å². The summed E-state index contributed by atoms with van der Waals surface area (Å²) in [5.74, 6) is -1.12. The number of nitro groups is 1. The molecule has 0 aliphatic carbocycles. The smallest absolute Gasteiger partial charge is 0.292 e. The van der Waals surface area contributed by atoms with Crippen molar-refractivity contribution >= 4 is 34.2 Å². The molecule has 1 heterocycles. The minimum atomic E-state index is -0.542. The average molecular weight is 386 g/mol. The summed E-state index contributed by atoms with van der Waals surface area (Å²) < 4.78 is 1.22. The zero-order valence-corrected chi connectivity index (χ0v) is 15.0. The maximum absolute atomic E-state index is 13.2. The third-order valence-electron chi connectivity index (χ3n) is 4.32. The highest BCUT2D eigenvalue weighted by atomic mass is 16.6. The Hall–Kier alpha value is -4.33. The molecule has 0 radical (unpaired) electrons. The van der Waals surface area contributed by atoms with Gasteiger partial charge >= 0.3 is 0 Å². The molecule has 8 heteroatoms. The Labute approximate surface area is 164 Å². The van der Waals surface area contributed by atoms with Gasteiger partial charge in [-0.05, 0) is 36.4 Å². The average Bonchev–Trinajstić information content (AvgIpc) is 3.14. The van der Waals surface area contributed by atoms with Crippen molar-refractivity contribution < 1.29 is 14.5 Å². The van der Waals surface area contributed by atoms with E-state index in [4.69, 9.17) is 0 Å². The largest absolute Gasteiger partial charge is 0.319 e. The summed E-state index contributed by atoms with van der Waals surface area (Å²) in [6.45, 7) is 0. The highest BCUT2D eigenvalue weighted by Crippen LogP contribution is 2.20. The Morgan fingerprint density at radius 2 is 1.55 bits per heavy atom. The highest BCUT2D eigenvalue weighted by Gasteiger charge is 2.23. The van der Waals surface area contributed by atoms with Crippen molar-refractivity contribution in [2.75, 3.05) is 5.32 Å². The second-order valence-electron chi connectivity index (χ2n) is 6.19. The second kappa shape index (κ2) is 7.35. The van der Waals surface area contributed by atoms with E-state index in [1.54, 1.807) is 48.5 Å². The summed E-state index contributed by atoms with van der Waals surface area (Å²) in [6.07, 6.45) is 0. The Morgan fingerprint density at radius 1 is 0.897 bits per heavy atom. The van der Waals surface area contributed by atoms with Crippen LogP contribution in [0.5, 0.6) is 0 Å². The van der Waals surface area contributed by atoms with Gasteiger partial charge in [0, 0.05) is 23.4 Å². The van der Waals surface area contributed by atoms with Crippen LogP contribution in [-0.2, 0) is 0 Å². The van der Waals surface area contributed by atoms with E-state index in [2.05, 4.69) is 10.3 Å². The molecule has 0 atom stereocenters. The molecule has 1 N–H and O–H groups in total. The van der Waals surface area contributed by atoms with E-state index in [-0.39, 0.29) is 17.1 Å². The molecule has 0 saturated carbocycles. The summed E-state index contributed by atoms with van der Waals surface area (Å²) in [5, 5.41) is 13.6. The Morgan fingerprint density at radius 3 is 2.24 bits per heavy atom. The molecule has 4 rings (SSSR count). The number of nitrogens with zero attached hydrogens (tertiary/aromatic N) is 3. The van der Waals surface area contributed by atoms with E-state index < -0.39 is 16.7 Å². The van der Waals surface area contributed by atoms with Crippen LogP contribution in [-0.4, -0.2) is 26.3 Å². The number of carbonyl (C=O) groups is 2. The van der Waals surface area contributed by atoms with E-state index in [0.717, 1.165) is 0 Å². The van der Waals surface area contributed by atoms with Gasteiger partial charge in [0.2, 0.25) is 5.82 Å². The third kappa shape index (κ3) is 3.46. The Bertz CT molecular complexity index is 1230. The molecule has 0 fully saturated rings. The monoisotopic (exact) mass is 386 g/mol. The first-order chi connectivity index (χ1) is 14.0. The van der Waals surface area contributed by atoms with Gasteiger partial charge in [0.25, 0.3) is 17.5 Å². The van der Waals surface area contributed by atoms with Gasteiger partial charge in [-0.25, -0.2) is 4.98 Å². The molecule has 8 nitrogen and oxygen atoms in total. The van der Waals surface area contributed by atoms with Gasteiger partial charge in [0.05, 0.1) is 16.0 Å². The number of fused-ring (bicyclic) bond motifs is 1.